The van der Waals surface area contributed by atoms with Crippen molar-refractivity contribution in [1.29, 1.82) is 0 Å². The van der Waals surface area contributed by atoms with Gasteiger partial charge in [0, 0.05) is 12.5 Å². The van der Waals surface area contributed by atoms with Crippen LogP contribution in [0.3, 0.4) is 0 Å². The highest BCUT2D eigenvalue weighted by Crippen LogP contribution is 2.29. The molecule has 0 saturated heterocycles. The molecule has 2 N–H and O–H groups in total. The van der Waals surface area contributed by atoms with Crippen LogP contribution in [0, 0.1) is 11.8 Å². The minimum atomic E-state index is -3.13. The largest absolute Gasteiger partial charge is 0.349 e. The molecule has 0 spiro atoms. The van der Waals surface area contributed by atoms with E-state index in [1.807, 2.05) is 37.3 Å². The Morgan fingerprint density at radius 2 is 1.78 bits per heavy atom. The van der Waals surface area contributed by atoms with Crippen LogP contribution in [-0.4, -0.2) is 27.1 Å². The third kappa shape index (κ3) is 5.95. The van der Waals surface area contributed by atoms with Crippen molar-refractivity contribution < 1.29 is 13.2 Å². The molecule has 2 rings (SSSR count). The molecule has 23 heavy (non-hydrogen) atoms. The van der Waals surface area contributed by atoms with Crippen LogP contribution in [0.2, 0.25) is 0 Å². The highest BCUT2D eigenvalue weighted by molar-refractivity contribution is 7.88. The van der Waals surface area contributed by atoms with Gasteiger partial charge in [0.15, 0.2) is 0 Å². The van der Waals surface area contributed by atoms with E-state index in [1.165, 1.54) is 6.26 Å². The van der Waals surface area contributed by atoms with Gasteiger partial charge in [0.2, 0.25) is 15.9 Å². The highest BCUT2D eigenvalue weighted by Gasteiger charge is 2.27. The standard InChI is InChI=1S/C17H26N2O3S/c1-13(15-6-4-3-5-7-15)19-17(20)16-10-8-14(9-11-16)12-18-23(2,21)22/h3-7,13-14,16,18H,8-12H2,1-2H3,(H,19,20)/t13-,14?,16?/m0/s1. The molecule has 0 radical (unpaired) electrons. The first-order valence-electron chi connectivity index (χ1n) is 8.15. The van der Waals surface area contributed by atoms with Gasteiger partial charge in [-0.15, -0.1) is 0 Å². The fraction of sp³-hybridized carbons (Fsp3) is 0.588. The van der Waals surface area contributed by atoms with Gasteiger partial charge in [0.25, 0.3) is 0 Å². The van der Waals surface area contributed by atoms with E-state index in [4.69, 9.17) is 0 Å². The summed E-state index contributed by atoms with van der Waals surface area (Å²) in [5.74, 6) is 0.479. The van der Waals surface area contributed by atoms with Crippen molar-refractivity contribution in [2.24, 2.45) is 11.8 Å². The molecular formula is C17H26N2O3S. The molecule has 0 aromatic heterocycles. The second kappa shape index (κ2) is 7.93. The zero-order chi connectivity index (χ0) is 16.9. The molecule has 0 aliphatic heterocycles. The Morgan fingerprint density at radius 1 is 1.17 bits per heavy atom. The number of amides is 1. The molecule has 1 atom stereocenters. The van der Waals surface area contributed by atoms with Gasteiger partial charge in [0.05, 0.1) is 12.3 Å². The van der Waals surface area contributed by atoms with Gasteiger partial charge >= 0.3 is 0 Å². The zero-order valence-corrected chi connectivity index (χ0v) is 14.6. The molecule has 0 unspecified atom stereocenters. The van der Waals surface area contributed by atoms with Crippen LogP contribution in [0.15, 0.2) is 30.3 Å². The van der Waals surface area contributed by atoms with Crippen molar-refractivity contribution in [2.75, 3.05) is 12.8 Å². The lowest BCUT2D eigenvalue weighted by Crippen LogP contribution is -2.36. The minimum absolute atomic E-state index is 0.00771. The van der Waals surface area contributed by atoms with E-state index in [0.717, 1.165) is 31.2 Å². The number of carbonyl (C=O) groups excluding carboxylic acids is 1. The van der Waals surface area contributed by atoms with Gasteiger partial charge in [-0.25, -0.2) is 13.1 Å². The Labute approximate surface area is 138 Å². The van der Waals surface area contributed by atoms with Crippen LogP contribution in [0.5, 0.6) is 0 Å². The third-order valence-electron chi connectivity index (χ3n) is 4.51. The lowest BCUT2D eigenvalue weighted by molar-refractivity contribution is -0.126. The topological polar surface area (TPSA) is 75.3 Å². The van der Waals surface area contributed by atoms with E-state index in [0.29, 0.717) is 12.5 Å². The van der Waals surface area contributed by atoms with Crippen LogP contribution in [0.1, 0.15) is 44.2 Å². The highest BCUT2D eigenvalue weighted by atomic mass is 32.2. The number of nitrogens with one attached hydrogen (secondary N) is 2. The Bertz CT molecular complexity index is 608. The van der Waals surface area contributed by atoms with E-state index < -0.39 is 10.0 Å². The number of hydrogen-bond acceptors (Lipinski definition) is 3. The molecule has 6 heteroatoms. The Hall–Kier alpha value is -1.40. The Kier molecular flexibility index (Phi) is 6.18. The van der Waals surface area contributed by atoms with Gasteiger partial charge in [-0.2, -0.15) is 0 Å². The van der Waals surface area contributed by atoms with E-state index in [9.17, 15) is 13.2 Å². The quantitative estimate of drug-likeness (QED) is 0.835. The molecule has 1 saturated carbocycles. The number of hydrogen-bond donors (Lipinski definition) is 2. The predicted octanol–water partition coefficient (Wildman–Crippen LogP) is 2.22. The van der Waals surface area contributed by atoms with Gasteiger partial charge in [0.1, 0.15) is 0 Å². The first-order chi connectivity index (χ1) is 10.8. The van der Waals surface area contributed by atoms with Crippen molar-refractivity contribution in [3.05, 3.63) is 35.9 Å². The van der Waals surface area contributed by atoms with Crippen molar-refractivity contribution in [3.8, 4) is 0 Å². The van der Waals surface area contributed by atoms with Crippen LogP contribution in [-0.2, 0) is 14.8 Å². The smallest absolute Gasteiger partial charge is 0.223 e. The zero-order valence-electron chi connectivity index (χ0n) is 13.8. The molecular weight excluding hydrogens is 312 g/mol. The molecule has 1 fully saturated rings. The van der Waals surface area contributed by atoms with Crippen LogP contribution in [0.25, 0.3) is 0 Å². The summed E-state index contributed by atoms with van der Waals surface area (Å²) >= 11 is 0. The molecule has 0 heterocycles. The number of rotatable bonds is 6. The van der Waals surface area contributed by atoms with Crippen molar-refractivity contribution in [1.82, 2.24) is 10.0 Å². The first-order valence-corrected chi connectivity index (χ1v) is 10.0. The van der Waals surface area contributed by atoms with Gasteiger partial charge in [-0.1, -0.05) is 30.3 Å². The van der Waals surface area contributed by atoms with E-state index in [1.54, 1.807) is 0 Å². The summed E-state index contributed by atoms with van der Waals surface area (Å²) in [5.41, 5.74) is 1.10. The maximum absolute atomic E-state index is 12.4. The molecule has 0 bridgehead atoms. The summed E-state index contributed by atoms with van der Waals surface area (Å²) in [6, 6.07) is 9.94. The Morgan fingerprint density at radius 3 is 2.35 bits per heavy atom. The van der Waals surface area contributed by atoms with Crippen LogP contribution >= 0.6 is 0 Å². The molecule has 1 aromatic carbocycles. The monoisotopic (exact) mass is 338 g/mol. The maximum Gasteiger partial charge on any atom is 0.223 e. The number of carbonyl (C=O) groups is 1. The summed E-state index contributed by atoms with van der Waals surface area (Å²) < 4.78 is 24.8. The van der Waals surface area contributed by atoms with E-state index in [2.05, 4.69) is 10.0 Å². The van der Waals surface area contributed by atoms with E-state index >= 15 is 0 Å². The summed E-state index contributed by atoms with van der Waals surface area (Å²) in [5, 5.41) is 3.09. The second-order valence-electron chi connectivity index (χ2n) is 6.48. The fourth-order valence-corrected chi connectivity index (χ4v) is 3.59. The summed E-state index contributed by atoms with van der Waals surface area (Å²) in [4.78, 5) is 12.4. The second-order valence-corrected chi connectivity index (χ2v) is 8.31. The van der Waals surface area contributed by atoms with Crippen LogP contribution < -0.4 is 10.0 Å². The summed E-state index contributed by atoms with van der Waals surface area (Å²) in [6.45, 7) is 2.47. The van der Waals surface area contributed by atoms with Gasteiger partial charge in [-0.3, -0.25) is 4.79 Å². The molecule has 1 amide bonds. The average molecular weight is 338 g/mol. The SMILES string of the molecule is C[C@H](NC(=O)C1CCC(CNS(C)(=O)=O)CC1)c1ccccc1. The lowest BCUT2D eigenvalue weighted by atomic mass is 9.81. The molecule has 1 aliphatic rings. The average Bonchev–Trinajstić information content (AvgIpc) is 2.53. The molecule has 5 nitrogen and oxygen atoms in total. The summed E-state index contributed by atoms with van der Waals surface area (Å²) in [6.07, 6.45) is 4.60. The third-order valence-corrected chi connectivity index (χ3v) is 5.20. The van der Waals surface area contributed by atoms with Gasteiger partial charge < -0.3 is 5.32 Å². The van der Waals surface area contributed by atoms with Gasteiger partial charge in [-0.05, 0) is 44.1 Å². The number of benzene rings is 1. The summed E-state index contributed by atoms with van der Waals surface area (Å²) in [7, 11) is -3.13. The van der Waals surface area contributed by atoms with Crippen molar-refractivity contribution in [2.45, 2.75) is 38.6 Å². The maximum atomic E-state index is 12.4. The number of sulfonamides is 1. The normalized spacial score (nSPS) is 23.2. The molecule has 1 aromatic rings. The first kappa shape index (κ1) is 17.9. The fourth-order valence-electron chi connectivity index (χ4n) is 3.05. The molecule has 1 aliphatic carbocycles. The minimum Gasteiger partial charge on any atom is -0.349 e. The van der Waals surface area contributed by atoms with E-state index in [-0.39, 0.29) is 17.9 Å². The Balaban J connectivity index is 1.77. The lowest BCUT2D eigenvalue weighted by Gasteiger charge is -2.28. The van der Waals surface area contributed by atoms with Crippen molar-refractivity contribution in [3.63, 3.8) is 0 Å². The van der Waals surface area contributed by atoms with Crippen LogP contribution in [0.4, 0.5) is 0 Å². The predicted molar refractivity (Wildman–Crippen MR) is 91.3 cm³/mol. The molecule has 128 valence electrons. The van der Waals surface area contributed by atoms with Crippen molar-refractivity contribution >= 4 is 15.9 Å².